The van der Waals surface area contributed by atoms with Gasteiger partial charge < -0.3 is 5.11 Å². The predicted molar refractivity (Wildman–Crippen MR) is 81.2 cm³/mol. The summed E-state index contributed by atoms with van der Waals surface area (Å²) in [5.74, 6) is 1.17. The van der Waals surface area contributed by atoms with E-state index in [4.69, 9.17) is 0 Å². The maximum atomic E-state index is 10.3. The summed E-state index contributed by atoms with van der Waals surface area (Å²) in [5, 5.41) is 10.3. The fourth-order valence-corrected chi connectivity index (χ4v) is 3.38. The smallest absolute Gasteiger partial charge is 0.0571 e. The number of hydrogen-bond acceptors (Lipinski definition) is 1. The van der Waals surface area contributed by atoms with Crippen LogP contribution in [0.3, 0.4) is 0 Å². The number of aliphatic hydroxyl groups excluding tert-OH is 1. The molecule has 3 atom stereocenters. The number of hydrogen-bond donors (Lipinski definition) is 1. The van der Waals surface area contributed by atoms with Crippen molar-refractivity contribution in [2.24, 2.45) is 17.3 Å². The van der Waals surface area contributed by atoms with Gasteiger partial charge in [-0.3, -0.25) is 0 Å². The van der Waals surface area contributed by atoms with Crippen molar-refractivity contribution in [2.75, 3.05) is 0 Å². The molecule has 1 fully saturated rings. The average molecular weight is 260 g/mol. The van der Waals surface area contributed by atoms with E-state index in [0.29, 0.717) is 11.3 Å². The van der Waals surface area contributed by atoms with Crippen LogP contribution in [0.5, 0.6) is 0 Å². The van der Waals surface area contributed by atoms with E-state index in [1.54, 1.807) is 0 Å². The first-order valence-corrected chi connectivity index (χ1v) is 7.60. The van der Waals surface area contributed by atoms with Gasteiger partial charge in [0.05, 0.1) is 6.10 Å². The van der Waals surface area contributed by atoms with Gasteiger partial charge in [0, 0.05) is 0 Å². The monoisotopic (exact) mass is 260 g/mol. The number of aliphatic hydroxyl groups is 1. The van der Waals surface area contributed by atoms with Crippen LogP contribution in [0.1, 0.15) is 51.2 Å². The fraction of sp³-hybridized carbons (Fsp3) is 0.667. The Hall–Kier alpha value is -0.820. The van der Waals surface area contributed by atoms with Crippen molar-refractivity contribution in [3.05, 3.63) is 35.4 Å². The van der Waals surface area contributed by atoms with Gasteiger partial charge in [0.15, 0.2) is 0 Å². The molecule has 19 heavy (non-hydrogen) atoms. The van der Waals surface area contributed by atoms with Crippen LogP contribution in [0.25, 0.3) is 0 Å². The molecule has 0 amide bonds. The first-order valence-electron chi connectivity index (χ1n) is 7.60. The van der Waals surface area contributed by atoms with E-state index < -0.39 is 0 Å². The number of benzene rings is 1. The first kappa shape index (κ1) is 14.6. The predicted octanol–water partition coefficient (Wildman–Crippen LogP) is 4.36. The molecule has 0 heterocycles. The lowest BCUT2D eigenvalue weighted by molar-refractivity contribution is 0.0196. The summed E-state index contributed by atoms with van der Waals surface area (Å²) in [5.41, 5.74) is 3.12. The second-order valence-electron chi connectivity index (χ2n) is 7.33. The number of aryl methyl sites for hydroxylation is 1. The lowest BCUT2D eigenvalue weighted by Crippen LogP contribution is -2.35. The lowest BCUT2D eigenvalue weighted by atomic mass is 9.67. The second kappa shape index (κ2) is 5.66. The van der Waals surface area contributed by atoms with E-state index in [1.807, 2.05) is 0 Å². The van der Waals surface area contributed by atoms with E-state index in [1.165, 1.54) is 24.0 Å². The maximum Gasteiger partial charge on any atom is 0.0571 e. The van der Waals surface area contributed by atoms with Gasteiger partial charge in [-0.1, -0.05) is 45.0 Å². The van der Waals surface area contributed by atoms with Crippen molar-refractivity contribution in [1.82, 2.24) is 0 Å². The van der Waals surface area contributed by atoms with Crippen LogP contribution in [-0.2, 0) is 6.42 Å². The molecule has 1 aliphatic carbocycles. The number of rotatable bonds is 2. The molecule has 0 radical (unpaired) electrons. The molecule has 106 valence electrons. The molecule has 1 aliphatic rings. The zero-order valence-electron chi connectivity index (χ0n) is 12.8. The summed E-state index contributed by atoms with van der Waals surface area (Å²) in [6.07, 6.45) is 4.23. The van der Waals surface area contributed by atoms with Crippen LogP contribution in [0, 0.1) is 24.2 Å². The van der Waals surface area contributed by atoms with Crippen molar-refractivity contribution in [1.29, 1.82) is 0 Å². The summed E-state index contributed by atoms with van der Waals surface area (Å²) < 4.78 is 0. The van der Waals surface area contributed by atoms with Gasteiger partial charge in [-0.25, -0.2) is 0 Å². The largest absolute Gasteiger partial charge is 0.393 e. The Morgan fingerprint density at radius 3 is 2.47 bits per heavy atom. The van der Waals surface area contributed by atoms with Gasteiger partial charge >= 0.3 is 0 Å². The van der Waals surface area contributed by atoms with Gasteiger partial charge in [0.1, 0.15) is 0 Å². The Kier molecular flexibility index (Phi) is 4.35. The quantitative estimate of drug-likeness (QED) is 0.837. The molecule has 1 saturated carbocycles. The summed E-state index contributed by atoms with van der Waals surface area (Å²) in [6, 6.07) is 8.58. The third kappa shape index (κ3) is 3.60. The van der Waals surface area contributed by atoms with Gasteiger partial charge in [0.25, 0.3) is 0 Å². The van der Waals surface area contributed by atoms with Gasteiger partial charge in [0.2, 0.25) is 0 Å². The van der Waals surface area contributed by atoms with E-state index in [9.17, 15) is 5.11 Å². The Bertz CT molecular complexity index is 416. The maximum absolute atomic E-state index is 10.3. The molecule has 0 bridgehead atoms. The molecule has 3 unspecified atom stereocenters. The summed E-state index contributed by atoms with van der Waals surface area (Å²) in [6.45, 7) is 9.17. The van der Waals surface area contributed by atoms with Crippen molar-refractivity contribution in [3.63, 3.8) is 0 Å². The minimum atomic E-state index is -0.113. The summed E-state index contributed by atoms with van der Waals surface area (Å²) >= 11 is 0. The Balaban J connectivity index is 2.08. The van der Waals surface area contributed by atoms with E-state index >= 15 is 0 Å². The van der Waals surface area contributed by atoms with E-state index in [-0.39, 0.29) is 6.10 Å². The molecule has 1 heteroatoms. The molecule has 1 N–H and O–H groups in total. The Labute approximate surface area is 118 Å². The molecule has 1 aromatic carbocycles. The highest BCUT2D eigenvalue weighted by atomic mass is 16.3. The molecule has 1 aromatic rings. The zero-order valence-corrected chi connectivity index (χ0v) is 12.8. The molecular formula is C18H28O. The molecule has 0 aliphatic heterocycles. The van der Waals surface area contributed by atoms with Gasteiger partial charge in [-0.15, -0.1) is 0 Å². The van der Waals surface area contributed by atoms with Crippen molar-refractivity contribution in [2.45, 2.75) is 59.5 Å². The van der Waals surface area contributed by atoms with E-state index in [2.05, 4.69) is 52.0 Å². The lowest BCUT2D eigenvalue weighted by Gasteiger charge is -2.40. The standard InChI is InChI=1S/C18H28O/c1-13-7-5-6-8-14(13)11-15-12-16(18(2,3)4)9-10-17(15)19/h5-8,15-17,19H,9-12H2,1-4H3. The fourth-order valence-electron chi connectivity index (χ4n) is 3.38. The first-order chi connectivity index (χ1) is 8.88. The second-order valence-corrected chi connectivity index (χ2v) is 7.33. The highest BCUT2D eigenvalue weighted by Gasteiger charge is 2.35. The molecule has 0 spiro atoms. The Morgan fingerprint density at radius 2 is 1.84 bits per heavy atom. The van der Waals surface area contributed by atoms with Crippen LogP contribution in [0.4, 0.5) is 0 Å². The highest BCUT2D eigenvalue weighted by molar-refractivity contribution is 5.26. The van der Waals surface area contributed by atoms with Crippen LogP contribution in [0.15, 0.2) is 24.3 Å². The third-order valence-electron chi connectivity index (χ3n) is 4.91. The van der Waals surface area contributed by atoms with Crippen molar-refractivity contribution >= 4 is 0 Å². The average Bonchev–Trinajstić information content (AvgIpc) is 2.33. The third-order valence-corrected chi connectivity index (χ3v) is 4.91. The van der Waals surface area contributed by atoms with Gasteiger partial charge in [-0.05, 0) is 61.0 Å². The zero-order chi connectivity index (χ0) is 14.0. The highest BCUT2D eigenvalue weighted by Crippen LogP contribution is 2.41. The van der Waals surface area contributed by atoms with Crippen LogP contribution >= 0.6 is 0 Å². The van der Waals surface area contributed by atoms with Gasteiger partial charge in [-0.2, -0.15) is 0 Å². The normalized spacial score (nSPS) is 28.4. The van der Waals surface area contributed by atoms with Crippen molar-refractivity contribution in [3.8, 4) is 0 Å². The molecular weight excluding hydrogens is 232 g/mol. The molecule has 0 aromatic heterocycles. The molecule has 0 saturated heterocycles. The molecule has 1 nitrogen and oxygen atoms in total. The summed E-state index contributed by atoms with van der Waals surface area (Å²) in [4.78, 5) is 0. The van der Waals surface area contributed by atoms with Crippen LogP contribution in [-0.4, -0.2) is 11.2 Å². The van der Waals surface area contributed by atoms with Crippen LogP contribution in [0.2, 0.25) is 0 Å². The topological polar surface area (TPSA) is 20.2 Å². The SMILES string of the molecule is Cc1ccccc1CC1CC(C(C)(C)C)CCC1O. The molecule has 2 rings (SSSR count). The minimum absolute atomic E-state index is 0.113. The minimum Gasteiger partial charge on any atom is -0.393 e. The van der Waals surface area contributed by atoms with Crippen LogP contribution < -0.4 is 0 Å². The van der Waals surface area contributed by atoms with Crippen molar-refractivity contribution < 1.29 is 5.11 Å². The van der Waals surface area contributed by atoms with E-state index in [0.717, 1.165) is 18.8 Å². The summed E-state index contributed by atoms with van der Waals surface area (Å²) in [7, 11) is 0. The Morgan fingerprint density at radius 1 is 1.16 bits per heavy atom.